The van der Waals surface area contributed by atoms with Gasteiger partial charge in [-0.2, -0.15) is 10.2 Å². The zero-order valence-corrected chi connectivity index (χ0v) is 34.7. The van der Waals surface area contributed by atoms with E-state index in [1.54, 1.807) is 17.6 Å². The summed E-state index contributed by atoms with van der Waals surface area (Å²) in [5, 5.41) is 18.7. The fourth-order valence-corrected chi connectivity index (χ4v) is 8.00. The molecular formula is C46H51BrN8O3. The molecule has 2 aliphatic rings. The van der Waals surface area contributed by atoms with Crippen LogP contribution >= 0.6 is 15.9 Å². The average Bonchev–Trinajstić information content (AvgIpc) is 3.88. The zero-order valence-electron chi connectivity index (χ0n) is 33.1. The Kier molecular flexibility index (Phi) is 13.0. The summed E-state index contributed by atoms with van der Waals surface area (Å²) in [4.78, 5) is 14.1. The van der Waals surface area contributed by atoms with Gasteiger partial charge in [-0.15, -0.1) is 0 Å². The fourth-order valence-electron chi connectivity index (χ4n) is 7.63. The van der Waals surface area contributed by atoms with Crippen molar-refractivity contribution in [3.05, 3.63) is 120 Å². The van der Waals surface area contributed by atoms with Gasteiger partial charge < -0.3 is 14.6 Å². The second-order valence-electron chi connectivity index (χ2n) is 15.1. The van der Waals surface area contributed by atoms with E-state index in [1.807, 2.05) is 84.0 Å². The molecule has 11 nitrogen and oxygen atoms in total. The molecule has 1 unspecified atom stereocenters. The summed E-state index contributed by atoms with van der Waals surface area (Å²) in [5.41, 5.74) is 8.63. The molecule has 6 heterocycles. The molecule has 300 valence electrons. The van der Waals surface area contributed by atoms with Crippen LogP contribution < -0.4 is 9.47 Å². The van der Waals surface area contributed by atoms with Crippen LogP contribution in [0.1, 0.15) is 57.1 Å². The lowest BCUT2D eigenvalue weighted by molar-refractivity contribution is 0.183. The van der Waals surface area contributed by atoms with Crippen molar-refractivity contribution in [1.29, 1.82) is 0 Å². The molecule has 2 aliphatic heterocycles. The molecule has 12 heteroatoms. The van der Waals surface area contributed by atoms with E-state index in [0.29, 0.717) is 0 Å². The summed E-state index contributed by atoms with van der Waals surface area (Å²) in [5.74, 6) is 1.81. The number of piperidine rings is 2. The minimum atomic E-state index is -0.511. The number of rotatable bonds is 12. The van der Waals surface area contributed by atoms with Crippen molar-refractivity contribution >= 4 is 27.2 Å². The smallest absolute Gasteiger partial charge is 0.169 e. The standard InChI is InChI=1S/C27H30N4O2.C19H21BrN4O/c1-20(32)22-6-5-7-23(16-22)26-18-29-31-19-24(17-28-27(26)31)21-8-10-25(11-9-21)33-15-14-30-12-3-2-4-13-30;20-18-13-22-24-14-16(12-21-19(18)24)15-4-6-17(7-5-15)25-11-10-23-8-2-1-3-9-23/h5-11,16-20,32H,2-4,12-15H2,1H3;4-7,12-14H,1-3,8-11H2. The van der Waals surface area contributed by atoms with E-state index in [-0.39, 0.29) is 0 Å². The maximum Gasteiger partial charge on any atom is 0.169 e. The number of aliphatic hydroxyl groups is 1. The molecule has 58 heavy (non-hydrogen) atoms. The number of aromatic nitrogens is 6. The van der Waals surface area contributed by atoms with Gasteiger partial charge in [0.2, 0.25) is 0 Å². The predicted octanol–water partition coefficient (Wildman–Crippen LogP) is 9.00. The summed E-state index contributed by atoms with van der Waals surface area (Å²) in [7, 11) is 0. The van der Waals surface area contributed by atoms with Gasteiger partial charge in [0.1, 0.15) is 24.7 Å². The highest BCUT2D eigenvalue weighted by atomic mass is 79.9. The summed E-state index contributed by atoms with van der Waals surface area (Å²) in [6, 6.07) is 24.2. The molecule has 1 N–H and O–H groups in total. The molecule has 1 atom stereocenters. The molecule has 0 amide bonds. The molecule has 0 saturated carbocycles. The van der Waals surface area contributed by atoms with Crippen LogP contribution in [0.5, 0.6) is 11.5 Å². The van der Waals surface area contributed by atoms with Crippen LogP contribution in [-0.4, -0.2) is 96.6 Å². The molecule has 0 aliphatic carbocycles. The Morgan fingerprint density at radius 1 is 0.603 bits per heavy atom. The lowest BCUT2D eigenvalue weighted by atomic mass is 10.0. The first kappa shape index (κ1) is 39.7. The van der Waals surface area contributed by atoms with Gasteiger partial charge in [-0.3, -0.25) is 9.80 Å². The zero-order chi connectivity index (χ0) is 39.7. The largest absolute Gasteiger partial charge is 0.492 e. The molecule has 4 aromatic heterocycles. The Labute approximate surface area is 348 Å². The van der Waals surface area contributed by atoms with Gasteiger partial charge in [0.25, 0.3) is 0 Å². The number of nitrogens with zero attached hydrogens (tertiary/aromatic N) is 8. The third-order valence-corrected chi connectivity index (χ3v) is 11.5. The molecule has 2 saturated heterocycles. The van der Waals surface area contributed by atoms with Crippen molar-refractivity contribution in [2.24, 2.45) is 0 Å². The molecule has 0 spiro atoms. The average molecular weight is 844 g/mol. The van der Waals surface area contributed by atoms with Gasteiger partial charge >= 0.3 is 0 Å². The monoisotopic (exact) mass is 842 g/mol. The van der Waals surface area contributed by atoms with Crippen LogP contribution in [0.2, 0.25) is 0 Å². The quantitative estimate of drug-likeness (QED) is 0.129. The highest BCUT2D eigenvalue weighted by Crippen LogP contribution is 2.29. The molecule has 7 aromatic rings. The van der Waals surface area contributed by atoms with E-state index in [1.165, 1.54) is 64.7 Å². The van der Waals surface area contributed by atoms with Crippen molar-refractivity contribution in [3.8, 4) is 44.9 Å². The number of benzene rings is 3. The van der Waals surface area contributed by atoms with E-state index in [9.17, 15) is 5.11 Å². The van der Waals surface area contributed by atoms with Crippen LogP contribution in [0.3, 0.4) is 0 Å². The number of ether oxygens (including phenoxy) is 2. The molecule has 0 radical (unpaired) electrons. The number of hydrogen-bond donors (Lipinski definition) is 1. The van der Waals surface area contributed by atoms with Crippen molar-refractivity contribution in [2.75, 3.05) is 52.5 Å². The van der Waals surface area contributed by atoms with Crippen LogP contribution in [0, 0.1) is 0 Å². The summed E-state index contributed by atoms with van der Waals surface area (Å²) in [6.07, 6.45) is 18.8. The topological polar surface area (TPSA) is 106 Å². The summed E-state index contributed by atoms with van der Waals surface area (Å²) < 4.78 is 16.3. The molecule has 0 bridgehead atoms. The summed E-state index contributed by atoms with van der Waals surface area (Å²) >= 11 is 3.44. The lowest BCUT2D eigenvalue weighted by Gasteiger charge is -2.26. The van der Waals surface area contributed by atoms with Crippen molar-refractivity contribution in [3.63, 3.8) is 0 Å². The first-order valence-corrected chi connectivity index (χ1v) is 21.3. The maximum atomic E-state index is 9.90. The number of fused-ring (bicyclic) bond motifs is 2. The van der Waals surface area contributed by atoms with Crippen molar-refractivity contribution < 1.29 is 14.6 Å². The van der Waals surface area contributed by atoms with Gasteiger partial charge in [0, 0.05) is 54.6 Å². The van der Waals surface area contributed by atoms with E-state index >= 15 is 0 Å². The first-order chi connectivity index (χ1) is 28.5. The van der Waals surface area contributed by atoms with Gasteiger partial charge in [-0.25, -0.2) is 19.0 Å². The van der Waals surface area contributed by atoms with Crippen LogP contribution in [-0.2, 0) is 0 Å². The minimum absolute atomic E-state index is 0.511. The van der Waals surface area contributed by atoms with Crippen LogP contribution in [0.15, 0.2) is 114 Å². The Hall–Kier alpha value is -5.14. The van der Waals surface area contributed by atoms with Crippen LogP contribution in [0.4, 0.5) is 0 Å². The Morgan fingerprint density at radius 2 is 1.12 bits per heavy atom. The molecule has 2 fully saturated rings. The molecule has 9 rings (SSSR count). The highest BCUT2D eigenvalue weighted by molar-refractivity contribution is 9.10. The van der Waals surface area contributed by atoms with Gasteiger partial charge in [0.15, 0.2) is 11.3 Å². The normalized spacial score (nSPS) is 15.6. The van der Waals surface area contributed by atoms with Gasteiger partial charge in [-0.05, 0) is 127 Å². The van der Waals surface area contributed by atoms with Crippen LogP contribution in [0.25, 0.3) is 44.7 Å². The number of halogens is 1. The van der Waals surface area contributed by atoms with Crippen molar-refractivity contribution in [2.45, 2.75) is 51.6 Å². The summed E-state index contributed by atoms with van der Waals surface area (Å²) in [6.45, 7) is 10.0. The van der Waals surface area contributed by atoms with E-state index in [0.717, 1.165) is 92.5 Å². The third-order valence-electron chi connectivity index (χ3n) is 11.0. The predicted molar refractivity (Wildman–Crippen MR) is 232 cm³/mol. The van der Waals surface area contributed by atoms with Crippen molar-refractivity contribution in [1.82, 2.24) is 39.0 Å². The number of aliphatic hydroxyl groups excluding tert-OH is 1. The highest BCUT2D eigenvalue weighted by Gasteiger charge is 2.13. The molecule has 3 aromatic carbocycles. The minimum Gasteiger partial charge on any atom is -0.492 e. The van der Waals surface area contributed by atoms with Gasteiger partial charge in [-0.1, -0.05) is 55.3 Å². The first-order valence-electron chi connectivity index (χ1n) is 20.5. The Balaban J connectivity index is 0.000000168. The maximum absolute atomic E-state index is 9.90. The van der Waals surface area contributed by atoms with E-state index in [2.05, 4.69) is 65.2 Å². The second kappa shape index (κ2) is 19.1. The Bertz CT molecular complexity index is 2380. The second-order valence-corrected chi connectivity index (χ2v) is 16.0. The van der Waals surface area contributed by atoms with Gasteiger partial charge in [0.05, 0.1) is 23.0 Å². The van der Waals surface area contributed by atoms with E-state index < -0.39 is 6.10 Å². The molecular weight excluding hydrogens is 792 g/mol. The number of hydrogen-bond acceptors (Lipinski definition) is 9. The Morgan fingerprint density at radius 3 is 1.67 bits per heavy atom. The third kappa shape index (κ3) is 9.93. The fraction of sp³-hybridized carbons (Fsp3) is 0.348. The SMILES string of the molecule is Brc1cnn2cc(-c3ccc(OCCN4CCCCC4)cc3)cnc12.CC(O)c1cccc(-c2cnn3cc(-c4ccc(OCCN5CCCCC5)cc4)cnc23)c1. The number of likely N-dealkylation sites (tertiary alicyclic amines) is 2. The van der Waals surface area contributed by atoms with E-state index in [4.69, 9.17) is 14.5 Å². The lowest BCUT2D eigenvalue weighted by Crippen LogP contribution is -2.33.